The summed E-state index contributed by atoms with van der Waals surface area (Å²) in [5.41, 5.74) is 0. The maximum atomic E-state index is 12.8. The molecule has 3 heteroatoms. The smallest absolute Gasteiger partial charge is 0.114 e. The second-order valence-corrected chi connectivity index (χ2v) is 4.00. The third kappa shape index (κ3) is 1.96. The van der Waals surface area contributed by atoms with Crippen molar-refractivity contribution in [3.8, 4) is 0 Å². The third-order valence-electron chi connectivity index (χ3n) is 2.89. The van der Waals surface area contributed by atoms with E-state index in [9.17, 15) is 4.39 Å². The van der Waals surface area contributed by atoms with Crippen molar-refractivity contribution < 1.29 is 4.39 Å². The summed E-state index contributed by atoms with van der Waals surface area (Å²) in [7, 11) is 0. The fourth-order valence-electron chi connectivity index (χ4n) is 2.19. The molecule has 2 atom stereocenters. The van der Waals surface area contributed by atoms with E-state index in [0.717, 1.165) is 38.5 Å². The maximum absolute atomic E-state index is 12.8. The number of likely N-dealkylation sites (tertiary alicyclic amines) is 1. The van der Waals surface area contributed by atoms with Gasteiger partial charge in [-0.25, -0.2) is 4.39 Å². The highest BCUT2D eigenvalue weighted by molar-refractivity contribution is 4.80. The van der Waals surface area contributed by atoms with Gasteiger partial charge < -0.3 is 10.2 Å². The predicted molar refractivity (Wildman–Crippen MR) is 46.9 cm³/mol. The van der Waals surface area contributed by atoms with Gasteiger partial charge in [0.1, 0.15) is 6.17 Å². The lowest BCUT2D eigenvalue weighted by Gasteiger charge is -2.18. The van der Waals surface area contributed by atoms with Gasteiger partial charge in [-0.1, -0.05) is 0 Å². The van der Waals surface area contributed by atoms with Crippen LogP contribution in [-0.2, 0) is 0 Å². The molecule has 0 bridgehead atoms. The Morgan fingerprint density at radius 3 is 2.92 bits per heavy atom. The van der Waals surface area contributed by atoms with E-state index in [1.165, 1.54) is 6.42 Å². The lowest BCUT2D eigenvalue weighted by Crippen LogP contribution is -2.28. The van der Waals surface area contributed by atoms with Gasteiger partial charge >= 0.3 is 0 Å². The zero-order chi connectivity index (χ0) is 8.39. The van der Waals surface area contributed by atoms with E-state index < -0.39 is 6.17 Å². The zero-order valence-corrected chi connectivity index (χ0v) is 7.43. The minimum absolute atomic E-state index is 0.556. The van der Waals surface area contributed by atoms with Crippen molar-refractivity contribution in [1.82, 2.24) is 10.2 Å². The maximum Gasteiger partial charge on any atom is 0.114 e. The van der Waals surface area contributed by atoms with Crippen molar-refractivity contribution in [2.24, 2.45) is 5.92 Å². The Morgan fingerprint density at radius 2 is 2.33 bits per heavy atom. The van der Waals surface area contributed by atoms with Crippen LogP contribution in [0.3, 0.4) is 0 Å². The van der Waals surface area contributed by atoms with E-state index in [-0.39, 0.29) is 0 Å². The molecular weight excluding hydrogens is 155 g/mol. The van der Waals surface area contributed by atoms with Gasteiger partial charge in [0, 0.05) is 19.6 Å². The first-order valence-electron chi connectivity index (χ1n) is 4.92. The molecule has 2 heterocycles. The number of rotatable bonds is 2. The normalized spacial score (nSPS) is 37.8. The highest BCUT2D eigenvalue weighted by Gasteiger charge is 2.25. The summed E-state index contributed by atoms with van der Waals surface area (Å²) in [5, 5.41) is 3.34. The van der Waals surface area contributed by atoms with Crippen LogP contribution >= 0.6 is 0 Å². The van der Waals surface area contributed by atoms with Gasteiger partial charge in [-0.3, -0.25) is 0 Å². The van der Waals surface area contributed by atoms with Crippen molar-refractivity contribution in [1.29, 1.82) is 0 Å². The average Bonchev–Trinajstić information content (AvgIpc) is 2.63. The molecule has 2 aliphatic rings. The highest BCUT2D eigenvalue weighted by Crippen LogP contribution is 2.16. The summed E-state index contributed by atoms with van der Waals surface area (Å²) in [6.45, 7) is 5.03. The Balaban J connectivity index is 1.72. The zero-order valence-electron chi connectivity index (χ0n) is 7.43. The van der Waals surface area contributed by atoms with Crippen molar-refractivity contribution >= 4 is 0 Å². The van der Waals surface area contributed by atoms with E-state index in [2.05, 4.69) is 10.2 Å². The number of halogens is 1. The fourth-order valence-corrected chi connectivity index (χ4v) is 2.19. The van der Waals surface area contributed by atoms with Gasteiger partial charge in [-0.2, -0.15) is 0 Å². The molecule has 0 spiro atoms. The molecule has 0 aromatic carbocycles. The van der Waals surface area contributed by atoms with E-state index in [0.29, 0.717) is 6.54 Å². The van der Waals surface area contributed by atoms with Gasteiger partial charge in [0.05, 0.1) is 0 Å². The Morgan fingerprint density at radius 1 is 1.42 bits per heavy atom. The Hall–Kier alpha value is -0.150. The molecule has 0 saturated carbocycles. The number of alkyl halides is 1. The quantitative estimate of drug-likeness (QED) is 0.657. The number of hydrogen-bond donors (Lipinski definition) is 1. The Bertz CT molecular complexity index is 145. The van der Waals surface area contributed by atoms with Crippen LogP contribution in [0.5, 0.6) is 0 Å². The van der Waals surface area contributed by atoms with Crippen LogP contribution in [-0.4, -0.2) is 43.8 Å². The number of nitrogens with zero attached hydrogens (tertiary/aromatic N) is 1. The molecule has 70 valence electrons. The van der Waals surface area contributed by atoms with Gasteiger partial charge in [-0.05, 0) is 31.8 Å². The topological polar surface area (TPSA) is 15.3 Å². The molecule has 12 heavy (non-hydrogen) atoms. The van der Waals surface area contributed by atoms with Gasteiger partial charge in [-0.15, -0.1) is 0 Å². The first kappa shape index (κ1) is 8.45. The Kier molecular flexibility index (Phi) is 2.61. The van der Waals surface area contributed by atoms with Crippen molar-refractivity contribution in [2.75, 3.05) is 32.7 Å². The molecule has 0 amide bonds. The molecule has 2 saturated heterocycles. The first-order valence-corrected chi connectivity index (χ1v) is 4.92. The lowest BCUT2D eigenvalue weighted by atomic mass is 10.1. The second kappa shape index (κ2) is 3.71. The van der Waals surface area contributed by atoms with Crippen LogP contribution in [0.25, 0.3) is 0 Å². The summed E-state index contributed by atoms with van der Waals surface area (Å²) >= 11 is 0. The second-order valence-electron chi connectivity index (χ2n) is 4.00. The highest BCUT2D eigenvalue weighted by atomic mass is 19.1. The fraction of sp³-hybridized carbons (Fsp3) is 1.00. The Labute approximate surface area is 73.1 Å². The molecule has 1 N–H and O–H groups in total. The van der Waals surface area contributed by atoms with E-state index in [4.69, 9.17) is 0 Å². The summed E-state index contributed by atoms with van der Waals surface area (Å²) in [6.07, 6.45) is 1.47. The molecule has 0 radical (unpaired) electrons. The SMILES string of the molecule is FC1CCN(C[C@H]2CCNC2)C1. The molecule has 2 nitrogen and oxygen atoms in total. The average molecular weight is 172 g/mol. The first-order chi connectivity index (χ1) is 5.84. The third-order valence-corrected chi connectivity index (χ3v) is 2.89. The van der Waals surface area contributed by atoms with Crippen LogP contribution in [0.2, 0.25) is 0 Å². The van der Waals surface area contributed by atoms with Crippen LogP contribution in [0, 0.1) is 5.92 Å². The minimum Gasteiger partial charge on any atom is -0.316 e. The van der Waals surface area contributed by atoms with Gasteiger partial charge in [0.15, 0.2) is 0 Å². The van der Waals surface area contributed by atoms with Gasteiger partial charge in [0.25, 0.3) is 0 Å². The van der Waals surface area contributed by atoms with Crippen molar-refractivity contribution in [3.63, 3.8) is 0 Å². The molecule has 0 aromatic heterocycles. The van der Waals surface area contributed by atoms with E-state index in [1.807, 2.05) is 0 Å². The van der Waals surface area contributed by atoms with E-state index >= 15 is 0 Å². The van der Waals surface area contributed by atoms with Crippen LogP contribution in [0.4, 0.5) is 4.39 Å². The molecule has 2 aliphatic heterocycles. The van der Waals surface area contributed by atoms with E-state index in [1.54, 1.807) is 0 Å². The largest absolute Gasteiger partial charge is 0.316 e. The molecule has 2 fully saturated rings. The van der Waals surface area contributed by atoms with Crippen LogP contribution in [0.15, 0.2) is 0 Å². The van der Waals surface area contributed by atoms with Crippen molar-refractivity contribution in [3.05, 3.63) is 0 Å². The molecule has 0 aliphatic carbocycles. The molecule has 0 aromatic rings. The van der Waals surface area contributed by atoms with Gasteiger partial charge in [0.2, 0.25) is 0 Å². The molecule has 1 unspecified atom stereocenters. The summed E-state index contributed by atoms with van der Waals surface area (Å²) in [6, 6.07) is 0. The van der Waals surface area contributed by atoms with Crippen molar-refractivity contribution in [2.45, 2.75) is 19.0 Å². The standard InChI is InChI=1S/C9H17FN2/c10-9-2-4-12(7-9)6-8-1-3-11-5-8/h8-9,11H,1-7H2/t8-,9?/m0/s1. The summed E-state index contributed by atoms with van der Waals surface area (Å²) in [4.78, 5) is 2.27. The van der Waals surface area contributed by atoms with Crippen LogP contribution < -0.4 is 5.32 Å². The minimum atomic E-state index is -0.556. The monoisotopic (exact) mass is 172 g/mol. The predicted octanol–water partition coefficient (Wildman–Crippen LogP) is 0.640. The number of nitrogens with one attached hydrogen (secondary N) is 1. The number of hydrogen-bond acceptors (Lipinski definition) is 2. The molecular formula is C9H17FN2. The lowest BCUT2D eigenvalue weighted by molar-refractivity contribution is 0.257. The molecule has 2 rings (SSSR count). The summed E-state index contributed by atoms with van der Waals surface area (Å²) < 4.78 is 12.8. The van der Waals surface area contributed by atoms with Crippen LogP contribution in [0.1, 0.15) is 12.8 Å². The summed E-state index contributed by atoms with van der Waals surface area (Å²) in [5.74, 6) is 0.773.